The number of hydrogen-bond donors (Lipinski definition) is 2. The van der Waals surface area contributed by atoms with Crippen molar-refractivity contribution in [3.63, 3.8) is 0 Å². The highest BCUT2D eigenvalue weighted by molar-refractivity contribution is 8.00. The zero-order valence-corrected chi connectivity index (χ0v) is 15.1. The van der Waals surface area contributed by atoms with Crippen LogP contribution >= 0.6 is 11.8 Å². The Morgan fingerprint density at radius 1 is 1.32 bits per heavy atom. The summed E-state index contributed by atoms with van der Waals surface area (Å²) in [6.07, 6.45) is 3.41. The molecule has 0 aliphatic heterocycles. The molecule has 1 rings (SSSR count). The van der Waals surface area contributed by atoms with Gasteiger partial charge in [0.15, 0.2) is 0 Å². The Morgan fingerprint density at radius 2 is 2.00 bits per heavy atom. The molecule has 1 amide bonds. The Labute approximate surface area is 138 Å². The number of nitrogens with one attached hydrogen (secondary N) is 1. The van der Waals surface area contributed by atoms with Crippen LogP contribution in [-0.4, -0.2) is 33.9 Å². The highest BCUT2D eigenvalue weighted by Gasteiger charge is 2.16. The molecule has 0 radical (unpaired) electrons. The van der Waals surface area contributed by atoms with Crippen molar-refractivity contribution in [3.05, 3.63) is 23.9 Å². The fourth-order valence-corrected chi connectivity index (χ4v) is 2.80. The van der Waals surface area contributed by atoms with Gasteiger partial charge < -0.3 is 10.4 Å². The van der Waals surface area contributed by atoms with Crippen LogP contribution < -0.4 is 5.32 Å². The van der Waals surface area contributed by atoms with Crippen LogP contribution in [0, 0.1) is 5.41 Å². The third-order valence-corrected chi connectivity index (χ3v) is 4.20. The van der Waals surface area contributed by atoms with E-state index in [2.05, 4.69) is 31.1 Å². The number of nitrogens with zero attached hydrogens (tertiary/aromatic N) is 1. The number of thioether (sulfide) groups is 1. The Balaban J connectivity index is 2.51. The summed E-state index contributed by atoms with van der Waals surface area (Å²) in [7, 11) is 0. The summed E-state index contributed by atoms with van der Waals surface area (Å²) in [5.74, 6) is -0.0695. The minimum Gasteiger partial charge on any atom is -0.396 e. The molecule has 1 aromatic heterocycles. The first-order valence-corrected chi connectivity index (χ1v) is 8.49. The second-order valence-electron chi connectivity index (χ2n) is 7.28. The van der Waals surface area contributed by atoms with Crippen LogP contribution in [0.25, 0.3) is 0 Å². The molecule has 1 aromatic rings. The monoisotopic (exact) mass is 324 g/mol. The van der Waals surface area contributed by atoms with Gasteiger partial charge >= 0.3 is 0 Å². The van der Waals surface area contributed by atoms with E-state index in [1.165, 1.54) is 0 Å². The van der Waals surface area contributed by atoms with Gasteiger partial charge in [-0.1, -0.05) is 34.6 Å². The van der Waals surface area contributed by atoms with Crippen LogP contribution in [0.3, 0.4) is 0 Å². The maximum atomic E-state index is 12.2. The molecule has 0 saturated heterocycles. The molecule has 0 aliphatic carbocycles. The number of amides is 1. The maximum absolute atomic E-state index is 12.2. The summed E-state index contributed by atoms with van der Waals surface area (Å²) in [5.41, 5.74) is 0.556. The van der Waals surface area contributed by atoms with Crippen molar-refractivity contribution in [1.29, 1.82) is 0 Å². The minimum absolute atomic E-state index is 0.0674. The summed E-state index contributed by atoms with van der Waals surface area (Å²) in [6.45, 7) is 11.2. The predicted molar refractivity (Wildman–Crippen MR) is 92.3 cm³/mol. The van der Waals surface area contributed by atoms with Crippen LogP contribution in [0.5, 0.6) is 0 Å². The van der Waals surface area contributed by atoms with Gasteiger partial charge in [0.05, 0.1) is 5.03 Å². The summed E-state index contributed by atoms with van der Waals surface area (Å²) in [4.78, 5) is 16.5. The third kappa shape index (κ3) is 7.27. The van der Waals surface area contributed by atoms with Gasteiger partial charge in [-0.3, -0.25) is 4.79 Å². The number of aliphatic hydroxyl groups is 1. The van der Waals surface area contributed by atoms with E-state index in [4.69, 9.17) is 0 Å². The van der Waals surface area contributed by atoms with E-state index in [1.54, 1.807) is 24.0 Å². The molecule has 0 unspecified atom stereocenters. The molecule has 1 heterocycles. The second-order valence-corrected chi connectivity index (χ2v) is 9.13. The molecule has 0 aromatic carbocycles. The van der Waals surface area contributed by atoms with E-state index >= 15 is 0 Å². The van der Waals surface area contributed by atoms with Gasteiger partial charge in [0.25, 0.3) is 5.91 Å². The van der Waals surface area contributed by atoms with Crippen molar-refractivity contribution < 1.29 is 9.90 Å². The molecule has 4 nitrogen and oxygen atoms in total. The van der Waals surface area contributed by atoms with Gasteiger partial charge in [-0.15, -0.1) is 11.8 Å². The lowest BCUT2D eigenvalue weighted by Crippen LogP contribution is -2.26. The third-order valence-electron chi connectivity index (χ3n) is 3.15. The SMILES string of the molecule is CC(C)(CO)CCCNC(=O)c1ccnc(SC(C)(C)C)c1. The molecule has 0 aliphatic rings. The van der Waals surface area contributed by atoms with Crippen LogP contribution in [-0.2, 0) is 0 Å². The van der Waals surface area contributed by atoms with E-state index in [-0.39, 0.29) is 22.7 Å². The zero-order chi connectivity index (χ0) is 16.8. The van der Waals surface area contributed by atoms with E-state index in [9.17, 15) is 9.90 Å². The standard InChI is InChI=1S/C17H28N2O2S/c1-16(2,3)22-14-11-13(7-10-18-14)15(21)19-9-6-8-17(4,5)12-20/h7,10-11,20H,6,8-9,12H2,1-5H3,(H,19,21). The molecule has 22 heavy (non-hydrogen) atoms. The predicted octanol–water partition coefficient (Wildman–Crippen LogP) is 3.50. The molecule has 0 bridgehead atoms. The highest BCUT2D eigenvalue weighted by atomic mass is 32.2. The average molecular weight is 324 g/mol. The number of carbonyl (C=O) groups excluding carboxylic acids is 1. The largest absolute Gasteiger partial charge is 0.396 e. The second kappa shape index (κ2) is 7.97. The first-order chi connectivity index (χ1) is 10.1. The molecule has 5 heteroatoms. The number of pyridine rings is 1. The molecular weight excluding hydrogens is 296 g/mol. The van der Waals surface area contributed by atoms with Crippen LogP contribution in [0.2, 0.25) is 0 Å². The van der Waals surface area contributed by atoms with Crippen molar-refractivity contribution >= 4 is 17.7 Å². The molecule has 2 N–H and O–H groups in total. The van der Waals surface area contributed by atoms with E-state index in [0.29, 0.717) is 12.1 Å². The van der Waals surface area contributed by atoms with Crippen molar-refractivity contribution in [3.8, 4) is 0 Å². The number of aromatic nitrogens is 1. The number of carbonyl (C=O) groups is 1. The van der Waals surface area contributed by atoms with Gasteiger partial charge in [-0.05, 0) is 30.4 Å². The van der Waals surface area contributed by atoms with E-state index in [0.717, 1.165) is 17.9 Å². The van der Waals surface area contributed by atoms with E-state index in [1.807, 2.05) is 19.9 Å². The molecule has 124 valence electrons. The smallest absolute Gasteiger partial charge is 0.251 e. The van der Waals surface area contributed by atoms with Crippen LogP contribution in [0.15, 0.2) is 23.4 Å². The summed E-state index contributed by atoms with van der Waals surface area (Å²) in [6, 6.07) is 3.57. The van der Waals surface area contributed by atoms with Gasteiger partial charge in [-0.2, -0.15) is 0 Å². The summed E-state index contributed by atoms with van der Waals surface area (Å²) < 4.78 is 0.0674. The van der Waals surface area contributed by atoms with Gasteiger partial charge in [0.2, 0.25) is 0 Å². The Hall–Kier alpha value is -1.07. The minimum atomic E-state index is -0.0854. The van der Waals surface area contributed by atoms with Gasteiger partial charge in [-0.25, -0.2) is 4.98 Å². The molecular formula is C17H28N2O2S. The van der Waals surface area contributed by atoms with Crippen LogP contribution in [0.4, 0.5) is 0 Å². The topological polar surface area (TPSA) is 62.2 Å². The Kier molecular flexibility index (Phi) is 6.88. The first kappa shape index (κ1) is 19.0. The lowest BCUT2D eigenvalue weighted by atomic mass is 9.89. The van der Waals surface area contributed by atoms with Crippen molar-refractivity contribution in [2.24, 2.45) is 5.41 Å². The average Bonchev–Trinajstić information content (AvgIpc) is 2.42. The molecule has 0 atom stereocenters. The summed E-state index contributed by atoms with van der Waals surface area (Å²) in [5, 5.41) is 13.0. The Bertz CT molecular complexity index is 496. The molecule has 0 spiro atoms. The van der Waals surface area contributed by atoms with Gasteiger partial charge in [0.1, 0.15) is 0 Å². The molecule has 0 saturated carbocycles. The van der Waals surface area contributed by atoms with Crippen molar-refractivity contribution in [2.45, 2.75) is 57.2 Å². The maximum Gasteiger partial charge on any atom is 0.251 e. The van der Waals surface area contributed by atoms with Crippen molar-refractivity contribution in [2.75, 3.05) is 13.2 Å². The van der Waals surface area contributed by atoms with Crippen molar-refractivity contribution in [1.82, 2.24) is 10.3 Å². The normalized spacial score (nSPS) is 12.3. The first-order valence-electron chi connectivity index (χ1n) is 7.67. The van der Waals surface area contributed by atoms with Crippen LogP contribution in [0.1, 0.15) is 57.8 Å². The fraction of sp³-hybridized carbons (Fsp3) is 0.647. The van der Waals surface area contributed by atoms with E-state index < -0.39 is 0 Å². The fourth-order valence-electron chi connectivity index (χ4n) is 1.87. The lowest BCUT2D eigenvalue weighted by molar-refractivity contribution is 0.0948. The summed E-state index contributed by atoms with van der Waals surface area (Å²) >= 11 is 1.65. The Morgan fingerprint density at radius 3 is 2.59 bits per heavy atom. The quantitative estimate of drug-likeness (QED) is 0.595. The molecule has 0 fully saturated rings. The number of hydrogen-bond acceptors (Lipinski definition) is 4. The lowest BCUT2D eigenvalue weighted by Gasteiger charge is -2.21. The zero-order valence-electron chi connectivity index (χ0n) is 14.3. The highest BCUT2D eigenvalue weighted by Crippen LogP contribution is 2.30. The number of aliphatic hydroxyl groups excluding tert-OH is 1. The van der Waals surface area contributed by atoms with Gasteiger partial charge in [0, 0.05) is 29.7 Å². The number of rotatable bonds is 7.